The summed E-state index contributed by atoms with van der Waals surface area (Å²) in [6.07, 6.45) is 3.75. The largest absolute Gasteiger partial charge is 0.445 e. The fourth-order valence-corrected chi connectivity index (χ4v) is 5.16. The number of quaternary nitrogens is 1. The normalized spacial score (nSPS) is 26.5. The van der Waals surface area contributed by atoms with Gasteiger partial charge in [0.05, 0.1) is 31.9 Å². The third-order valence-electron chi connectivity index (χ3n) is 6.11. The fraction of sp³-hybridized carbons (Fsp3) is 0.450. The summed E-state index contributed by atoms with van der Waals surface area (Å²) in [5.74, 6) is -0.325. The molecule has 138 valence electrons. The molecule has 2 aromatic rings. The van der Waals surface area contributed by atoms with Gasteiger partial charge >= 0.3 is 6.09 Å². The van der Waals surface area contributed by atoms with Gasteiger partial charge in [0.15, 0.2) is 0 Å². The van der Waals surface area contributed by atoms with E-state index in [1.165, 1.54) is 36.3 Å². The van der Waals surface area contributed by atoms with Gasteiger partial charge in [-0.05, 0) is 40.6 Å². The van der Waals surface area contributed by atoms with Crippen LogP contribution in [0.3, 0.4) is 0 Å². The van der Waals surface area contributed by atoms with Gasteiger partial charge in [0.2, 0.25) is 0 Å². The highest BCUT2D eigenvalue weighted by atomic mass is 32.1. The van der Waals surface area contributed by atoms with Gasteiger partial charge in [-0.15, -0.1) is 0 Å². The zero-order valence-corrected chi connectivity index (χ0v) is 15.9. The Balaban J connectivity index is 1.45. The van der Waals surface area contributed by atoms with Crippen LogP contribution >= 0.6 is 11.3 Å². The van der Waals surface area contributed by atoms with Crippen LogP contribution in [0.2, 0.25) is 0 Å². The van der Waals surface area contributed by atoms with Crippen LogP contribution in [0, 0.1) is 5.82 Å². The predicted octanol–water partition coefficient (Wildman–Crippen LogP) is 4.87. The lowest BCUT2D eigenvalue weighted by Crippen LogP contribution is -2.56. The topological polar surface area (TPSA) is 38.3 Å². The Bertz CT molecular complexity index is 790. The van der Waals surface area contributed by atoms with Crippen molar-refractivity contribution < 1.29 is 18.4 Å². The lowest BCUT2D eigenvalue weighted by molar-refractivity contribution is -0.931. The SMILES string of the molecule is C[N+]1(C)[C@@H]2CC[C@H]1CC(OC(=O)Nc1ccc(F)cc1-c1ccsc1)C2. The summed E-state index contributed by atoms with van der Waals surface area (Å²) >= 11 is 1.54. The van der Waals surface area contributed by atoms with E-state index in [4.69, 9.17) is 4.74 Å². The van der Waals surface area contributed by atoms with E-state index in [2.05, 4.69) is 19.4 Å². The molecule has 0 saturated carbocycles. The van der Waals surface area contributed by atoms with Crippen molar-refractivity contribution in [3.05, 3.63) is 40.8 Å². The summed E-state index contributed by atoms with van der Waals surface area (Å²) in [5.41, 5.74) is 2.13. The number of rotatable bonds is 3. The second-order valence-corrected chi connectivity index (χ2v) is 8.62. The molecule has 0 aliphatic carbocycles. The molecule has 2 aliphatic heterocycles. The summed E-state index contributed by atoms with van der Waals surface area (Å²) in [6.45, 7) is 0. The lowest BCUT2D eigenvalue weighted by Gasteiger charge is -2.43. The molecule has 1 aromatic carbocycles. The number of carbonyl (C=O) groups is 1. The smallest absolute Gasteiger partial charge is 0.411 e. The Morgan fingerprint density at radius 1 is 1.23 bits per heavy atom. The lowest BCUT2D eigenvalue weighted by atomic mass is 9.98. The molecule has 1 amide bonds. The number of thiophene rings is 1. The number of amides is 1. The van der Waals surface area contributed by atoms with E-state index >= 15 is 0 Å². The van der Waals surface area contributed by atoms with Gasteiger partial charge in [0.25, 0.3) is 0 Å². The number of anilines is 1. The van der Waals surface area contributed by atoms with Gasteiger partial charge in [-0.2, -0.15) is 11.3 Å². The average molecular weight is 375 g/mol. The molecule has 26 heavy (non-hydrogen) atoms. The third kappa shape index (κ3) is 3.23. The van der Waals surface area contributed by atoms with E-state index in [0.29, 0.717) is 23.3 Å². The highest BCUT2D eigenvalue weighted by Crippen LogP contribution is 2.40. The number of hydrogen-bond donors (Lipinski definition) is 1. The molecule has 2 saturated heterocycles. The molecule has 3 heterocycles. The number of piperidine rings is 1. The van der Waals surface area contributed by atoms with Crippen molar-refractivity contribution >= 4 is 23.1 Å². The van der Waals surface area contributed by atoms with Gasteiger partial charge in [-0.3, -0.25) is 5.32 Å². The van der Waals surface area contributed by atoms with Crippen LogP contribution < -0.4 is 5.32 Å². The first-order valence-corrected chi connectivity index (χ1v) is 10.0. The van der Waals surface area contributed by atoms with E-state index < -0.39 is 6.09 Å². The molecule has 4 rings (SSSR count). The second kappa shape index (κ2) is 6.67. The van der Waals surface area contributed by atoms with Gasteiger partial charge in [0.1, 0.15) is 11.9 Å². The quantitative estimate of drug-likeness (QED) is 0.777. The number of hydrogen-bond acceptors (Lipinski definition) is 3. The maximum atomic E-state index is 13.7. The van der Waals surface area contributed by atoms with Crippen molar-refractivity contribution in [2.24, 2.45) is 0 Å². The Labute approximate surface area is 157 Å². The number of nitrogens with one attached hydrogen (secondary N) is 1. The average Bonchev–Trinajstić information content (AvgIpc) is 3.13. The first-order chi connectivity index (χ1) is 12.4. The first kappa shape index (κ1) is 17.5. The van der Waals surface area contributed by atoms with Gasteiger partial charge < -0.3 is 9.22 Å². The van der Waals surface area contributed by atoms with Crippen LogP contribution in [0.1, 0.15) is 25.7 Å². The monoisotopic (exact) mass is 375 g/mol. The molecule has 1 N–H and O–H groups in total. The van der Waals surface area contributed by atoms with Crippen LogP contribution in [0.4, 0.5) is 14.9 Å². The Morgan fingerprint density at radius 3 is 2.62 bits per heavy atom. The molecule has 2 fully saturated rings. The number of ether oxygens (including phenoxy) is 1. The number of benzene rings is 1. The van der Waals surface area contributed by atoms with Gasteiger partial charge in [-0.25, -0.2) is 9.18 Å². The molecule has 1 unspecified atom stereocenters. The van der Waals surface area contributed by atoms with Crippen molar-refractivity contribution in [1.29, 1.82) is 0 Å². The van der Waals surface area contributed by atoms with Crippen molar-refractivity contribution in [2.45, 2.75) is 43.9 Å². The standard InChI is InChI=1S/C20H23FN2O2S/c1-23(2)15-4-5-16(23)11-17(10-15)25-20(24)22-19-6-3-14(21)9-18(19)13-7-8-26-12-13/h3,6-9,12,15-17H,4-5,10-11H2,1-2H3/p+1/t15-,16+,17?. The predicted molar refractivity (Wildman–Crippen MR) is 102 cm³/mol. The van der Waals surface area contributed by atoms with Crippen LogP contribution in [0.15, 0.2) is 35.0 Å². The van der Waals surface area contributed by atoms with E-state index in [1.54, 1.807) is 6.07 Å². The number of halogens is 1. The van der Waals surface area contributed by atoms with Crippen molar-refractivity contribution in [2.75, 3.05) is 19.4 Å². The van der Waals surface area contributed by atoms with E-state index in [0.717, 1.165) is 22.9 Å². The molecule has 0 spiro atoms. The van der Waals surface area contributed by atoms with Crippen LogP contribution in [0.5, 0.6) is 0 Å². The Kier molecular flexibility index (Phi) is 4.49. The van der Waals surface area contributed by atoms with Gasteiger partial charge in [-0.1, -0.05) is 0 Å². The molecule has 3 atom stereocenters. The molecule has 2 aliphatic rings. The summed E-state index contributed by atoms with van der Waals surface area (Å²) in [6, 6.07) is 7.44. The molecule has 6 heteroatoms. The molecule has 1 aromatic heterocycles. The van der Waals surface area contributed by atoms with Gasteiger partial charge in [0, 0.05) is 31.2 Å². The Morgan fingerprint density at radius 2 is 1.96 bits per heavy atom. The number of fused-ring (bicyclic) bond motifs is 2. The van der Waals surface area contributed by atoms with Crippen LogP contribution in [-0.4, -0.2) is 42.9 Å². The van der Waals surface area contributed by atoms with E-state index in [-0.39, 0.29) is 11.9 Å². The zero-order valence-electron chi connectivity index (χ0n) is 15.1. The summed E-state index contributed by atoms with van der Waals surface area (Å²) in [4.78, 5) is 12.5. The minimum atomic E-state index is -0.454. The zero-order chi connectivity index (χ0) is 18.3. The van der Waals surface area contributed by atoms with Crippen molar-refractivity contribution in [1.82, 2.24) is 0 Å². The third-order valence-corrected chi connectivity index (χ3v) is 6.79. The number of carbonyl (C=O) groups excluding carboxylic acids is 1. The Hall–Kier alpha value is -1.92. The van der Waals surface area contributed by atoms with Crippen molar-refractivity contribution in [3.63, 3.8) is 0 Å². The molecule has 4 nitrogen and oxygen atoms in total. The second-order valence-electron chi connectivity index (χ2n) is 7.84. The first-order valence-electron chi connectivity index (χ1n) is 9.06. The molecule has 2 bridgehead atoms. The van der Waals surface area contributed by atoms with Crippen molar-refractivity contribution in [3.8, 4) is 11.1 Å². The number of nitrogens with zero attached hydrogens (tertiary/aromatic N) is 1. The minimum Gasteiger partial charge on any atom is -0.445 e. The fourth-order valence-electron chi connectivity index (χ4n) is 4.50. The summed E-state index contributed by atoms with van der Waals surface area (Å²) in [7, 11) is 4.56. The maximum absolute atomic E-state index is 13.7. The summed E-state index contributed by atoms with van der Waals surface area (Å²) < 4.78 is 20.4. The molecular weight excluding hydrogens is 351 g/mol. The molecular formula is C20H24FN2O2S+. The molecule has 0 radical (unpaired) electrons. The minimum absolute atomic E-state index is 0.0382. The van der Waals surface area contributed by atoms with Crippen LogP contribution in [-0.2, 0) is 4.74 Å². The maximum Gasteiger partial charge on any atom is 0.411 e. The van der Waals surface area contributed by atoms with E-state index in [1.807, 2.05) is 16.8 Å². The highest BCUT2D eigenvalue weighted by Gasteiger charge is 2.49. The van der Waals surface area contributed by atoms with E-state index in [9.17, 15) is 9.18 Å². The summed E-state index contributed by atoms with van der Waals surface area (Å²) in [5, 5.41) is 6.68. The van der Waals surface area contributed by atoms with Crippen LogP contribution in [0.25, 0.3) is 11.1 Å². The highest BCUT2D eigenvalue weighted by molar-refractivity contribution is 7.08.